The second kappa shape index (κ2) is 4.83. The Labute approximate surface area is 89.4 Å². The van der Waals surface area contributed by atoms with E-state index in [2.05, 4.69) is 0 Å². The van der Waals surface area contributed by atoms with Crippen LogP contribution in [0.5, 0.6) is 0 Å². The third-order valence-corrected chi connectivity index (χ3v) is 2.80. The second-order valence-electron chi connectivity index (χ2n) is 2.79. The number of thioether (sulfide) groups is 1. The molecule has 0 aromatic carbocycles. The minimum Gasteiger partial charge on any atom is -0.480 e. The number of hydrogen-bond acceptors (Lipinski definition) is 5. The van der Waals surface area contributed by atoms with Crippen LogP contribution in [0.25, 0.3) is 0 Å². The Morgan fingerprint density at radius 2 is 2.40 bits per heavy atom. The molecule has 1 heterocycles. The summed E-state index contributed by atoms with van der Waals surface area (Å²) in [4.78, 5) is 20.1. The molecule has 7 heteroatoms. The fourth-order valence-corrected chi connectivity index (χ4v) is 1.53. The standard InChI is InChI=1S/C8H9NO5S/c1-5(8(10)11)15-4-6-2-3-7(14-6)9(12)13/h2-3,5H,4H2,1H3,(H,10,11). The molecule has 15 heavy (non-hydrogen) atoms. The molecule has 0 fully saturated rings. The van der Waals surface area contributed by atoms with Crippen molar-refractivity contribution >= 4 is 23.6 Å². The van der Waals surface area contributed by atoms with Crippen molar-refractivity contribution < 1.29 is 19.2 Å². The lowest BCUT2D eigenvalue weighted by molar-refractivity contribution is -0.402. The van der Waals surface area contributed by atoms with Crippen molar-refractivity contribution in [3.8, 4) is 0 Å². The Bertz CT molecular complexity index is 375. The third kappa shape index (κ3) is 3.28. The summed E-state index contributed by atoms with van der Waals surface area (Å²) in [6.07, 6.45) is 0. The summed E-state index contributed by atoms with van der Waals surface area (Å²) in [7, 11) is 0. The van der Waals surface area contributed by atoms with Gasteiger partial charge in [-0.3, -0.25) is 14.9 Å². The van der Waals surface area contributed by atoms with Gasteiger partial charge in [-0.2, -0.15) is 0 Å². The zero-order valence-electron chi connectivity index (χ0n) is 7.87. The Kier molecular flexibility index (Phi) is 3.73. The van der Waals surface area contributed by atoms with Gasteiger partial charge in [0.25, 0.3) is 0 Å². The lowest BCUT2D eigenvalue weighted by Crippen LogP contribution is -2.11. The SMILES string of the molecule is CC(SCc1ccc([N+](=O)[O-])o1)C(=O)O. The number of rotatable bonds is 5. The van der Waals surface area contributed by atoms with Gasteiger partial charge < -0.3 is 9.52 Å². The van der Waals surface area contributed by atoms with Crippen LogP contribution in [-0.4, -0.2) is 21.2 Å². The second-order valence-corrected chi connectivity index (χ2v) is 4.12. The number of carboxylic acids is 1. The van der Waals surface area contributed by atoms with Crippen LogP contribution < -0.4 is 0 Å². The van der Waals surface area contributed by atoms with Crippen LogP contribution >= 0.6 is 11.8 Å². The third-order valence-electron chi connectivity index (χ3n) is 1.65. The van der Waals surface area contributed by atoms with Crippen molar-refractivity contribution in [3.05, 3.63) is 28.0 Å². The highest BCUT2D eigenvalue weighted by atomic mass is 32.2. The maximum Gasteiger partial charge on any atom is 0.433 e. The summed E-state index contributed by atoms with van der Waals surface area (Å²) in [6, 6.07) is 2.72. The van der Waals surface area contributed by atoms with Gasteiger partial charge in [-0.15, -0.1) is 11.8 Å². The molecule has 1 N–H and O–H groups in total. The number of nitrogens with zero attached hydrogens (tertiary/aromatic N) is 1. The van der Waals surface area contributed by atoms with Crippen LogP contribution in [0.15, 0.2) is 16.5 Å². The molecular weight excluding hydrogens is 222 g/mol. The summed E-state index contributed by atoms with van der Waals surface area (Å²) < 4.78 is 4.86. The number of carbonyl (C=O) groups is 1. The fraction of sp³-hybridized carbons (Fsp3) is 0.375. The van der Waals surface area contributed by atoms with Crippen LogP contribution in [0, 0.1) is 10.1 Å². The van der Waals surface area contributed by atoms with E-state index in [4.69, 9.17) is 9.52 Å². The molecule has 1 atom stereocenters. The molecule has 1 rings (SSSR count). The van der Waals surface area contributed by atoms with E-state index in [1.54, 1.807) is 6.92 Å². The van der Waals surface area contributed by atoms with Gasteiger partial charge >= 0.3 is 11.9 Å². The van der Waals surface area contributed by atoms with E-state index in [0.29, 0.717) is 11.5 Å². The van der Waals surface area contributed by atoms with E-state index in [9.17, 15) is 14.9 Å². The summed E-state index contributed by atoms with van der Waals surface area (Å²) in [5, 5.41) is 18.3. The highest BCUT2D eigenvalue weighted by Crippen LogP contribution is 2.22. The highest BCUT2D eigenvalue weighted by Gasteiger charge is 2.15. The first-order valence-corrected chi connectivity index (χ1v) is 5.13. The topological polar surface area (TPSA) is 93.6 Å². The largest absolute Gasteiger partial charge is 0.480 e. The van der Waals surface area contributed by atoms with Gasteiger partial charge in [-0.1, -0.05) is 0 Å². The average Bonchev–Trinajstić information content (AvgIpc) is 2.62. The summed E-state index contributed by atoms with van der Waals surface area (Å²) in [5.41, 5.74) is 0. The molecule has 0 saturated heterocycles. The van der Waals surface area contributed by atoms with Crippen LogP contribution in [-0.2, 0) is 10.5 Å². The molecule has 0 saturated carbocycles. The number of aliphatic carboxylic acids is 1. The highest BCUT2D eigenvalue weighted by molar-refractivity contribution is 7.99. The van der Waals surface area contributed by atoms with Crippen molar-refractivity contribution in [2.75, 3.05) is 0 Å². The molecule has 0 amide bonds. The first kappa shape index (κ1) is 11.6. The van der Waals surface area contributed by atoms with Gasteiger partial charge in [0, 0.05) is 0 Å². The molecular formula is C8H9NO5S. The van der Waals surface area contributed by atoms with Crippen molar-refractivity contribution in [2.24, 2.45) is 0 Å². The molecule has 0 aliphatic heterocycles. The quantitative estimate of drug-likeness (QED) is 0.614. The van der Waals surface area contributed by atoms with Gasteiger partial charge in [-0.25, -0.2) is 0 Å². The van der Waals surface area contributed by atoms with E-state index in [1.807, 2.05) is 0 Å². The van der Waals surface area contributed by atoms with Crippen molar-refractivity contribution in [1.82, 2.24) is 0 Å². The molecule has 0 radical (unpaired) electrons. The normalized spacial score (nSPS) is 12.3. The Morgan fingerprint density at radius 1 is 1.73 bits per heavy atom. The summed E-state index contributed by atoms with van der Waals surface area (Å²) in [5.74, 6) is -0.532. The molecule has 0 spiro atoms. The van der Waals surface area contributed by atoms with E-state index in [-0.39, 0.29) is 5.88 Å². The molecule has 0 bridgehead atoms. The lowest BCUT2D eigenvalue weighted by Gasteiger charge is -2.02. The number of hydrogen-bond donors (Lipinski definition) is 1. The van der Waals surface area contributed by atoms with Gasteiger partial charge in [0.15, 0.2) is 0 Å². The van der Waals surface area contributed by atoms with Crippen molar-refractivity contribution in [3.63, 3.8) is 0 Å². The average molecular weight is 231 g/mol. The van der Waals surface area contributed by atoms with Crippen molar-refractivity contribution in [1.29, 1.82) is 0 Å². The maximum atomic E-state index is 10.5. The maximum absolute atomic E-state index is 10.5. The molecule has 1 aromatic rings. The van der Waals surface area contributed by atoms with E-state index >= 15 is 0 Å². The first-order chi connectivity index (χ1) is 7.00. The minimum atomic E-state index is -0.916. The van der Waals surface area contributed by atoms with Crippen LogP contribution in [0.4, 0.5) is 5.88 Å². The predicted molar refractivity (Wildman–Crippen MR) is 53.8 cm³/mol. The fourth-order valence-electron chi connectivity index (χ4n) is 0.821. The molecule has 6 nitrogen and oxygen atoms in total. The van der Waals surface area contributed by atoms with Gasteiger partial charge in [0.05, 0.1) is 17.1 Å². The Morgan fingerprint density at radius 3 is 2.87 bits per heavy atom. The predicted octanol–water partition coefficient (Wildman–Crippen LogP) is 1.89. The molecule has 1 aromatic heterocycles. The van der Waals surface area contributed by atoms with Crippen molar-refractivity contribution in [2.45, 2.75) is 17.9 Å². The van der Waals surface area contributed by atoms with Crippen LogP contribution in [0.2, 0.25) is 0 Å². The Balaban J connectivity index is 2.51. The van der Waals surface area contributed by atoms with E-state index in [0.717, 1.165) is 11.8 Å². The molecule has 82 valence electrons. The van der Waals surface area contributed by atoms with Crippen LogP contribution in [0.1, 0.15) is 12.7 Å². The number of nitro groups is 1. The van der Waals surface area contributed by atoms with E-state index < -0.39 is 16.1 Å². The summed E-state index contributed by atoms with van der Waals surface area (Å²) in [6.45, 7) is 1.55. The molecule has 0 aliphatic rings. The summed E-state index contributed by atoms with van der Waals surface area (Å²) >= 11 is 1.15. The smallest absolute Gasteiger partial charge is 0.433 e. The zero-order chi connectivity index (χ0) is 11.4. The monoisotopic (exact) mass is 231 g/mol. The zero-order valence-corrected chi connectivity index (χ0v) is 8.69. The molecule has 1 unspecified atom stereocenters. The number of carboxylic acid groups (broad SMARTS) is 1. The van der Waals surface area contributed by atoms with Gasteiger partial charge in [-0.05, 0) is 13.0 Å². The lowest BCUT2D eigenvalue weighted by atomic mass is 10.5. The molecule has 0 aliphatic carbocycles. The number of furan rings is 1. The van der Waals surface area contributed by atoms with Gasteiger partial charge in [0.1, 0.15) is 10.7 Å². The van der Waals surface area contributed by atoms with E-state index in [1.165, 1.54) is 12.1 Å². The van der Waals surface area contributed by atoms with Gasteiger partial charge in [0.2, 0.25) is 0 Å². The first-order valence-electron chi connectivity index (χ1n) is 4.08. The Hall–Kier alpha value is -1.50. The minimum absolute atomic E-state index is 0.307. The van der Waals surface area contributed by atoms with Crippen LogP contribution in [0.3, 0.4) is 0 Å².